The van der Waals surface area contributed by atoms with Gasteiger partial charge in [-0.25, -0.2) is 4.79 Å². The van der Waals surface area contributed by atoms with Crippen molar-refractivity contribution in [3.05, 3.63) is 81.9 Å². The van der Waals surface area contributed by atoms with Crippen LogP contribution in [0.15, 0.2) is 60.7 Å². The van der Waals surface area contributed by atoms with Gasteiger partial charge in [-0.3, -0.25) is 10.1 Å². The van der Waals surface area contributed by atoms with Gasteiger partial charge in [0, 0.05) is 16.1 Å². The van der Waals surface area contributed by atoms with Gasteiger partial charge >= 0.3 is 6.16 Å². The van der Waals surface area contributed by atoms with Crippen LogP contribution in [0.5, 0.6) is 0 Å². The zero-order chi connectivity index (χ0) is 15.0. The zero-order valence-corrected chi connectivity index (χ0v) is 10.4. The average Bonchev–Trinajstić information content (AvgIpc) is 2.40. The number of nitro groups is 1. The molecule has 0 bridgehead atoms. The summed E-state index contributed by atoms with van der Waals surface area (Å²) in [5.41, 5.74) is 1.41. The van der Waals surface area contributed by atoms with E-state index in [1.165, 1.54) is 0 Å². The van der Waals surface area contributed by atoms with E-state index < -0.39 is 12.2 Å². The lowest BCUT2D eigenvalue weighted by atomic mass is 10.00. The molecular formula is C14H13NO5. The van der Waals surface area contributed by atoms with Crippen molar-refractivity contribution in [1.29, 1.82) is 0 Å². The minimum absolute atomic E-state index is 0.259. The molecule has 20 heavy (non-hydrogen) atoms. The Morgan fingerprint density at radius 1 is 0.900 bits per heavy atom. The maximum atomic E-state index is 11.1. The van der Waals surface area contributed by atoms with Gasteiger partial charge < -0.3 is 10.2 Å². The summed E-state index contributed by atoms with van der Waals surface area (Å²) in [6, 6.07) is 17.3. The quantitative estimate of drug-likeness (QED) is 0.661. The fraction of sp³-hybridized carbons (Fsp3) is 0.0714. The van der Waals surface area contributed by atoms with Crippen LogP contribution in [0.1, 0.15) is 17.2 Å². The highest BCUT2D eigenvalue weighted by atomic mass is 16.6. The molecule has 0 atom stereocenters. The highest BCUT2D eigenvalue weighted by molar-refractivity contribution is 5.53. The lowest BCUT2D eigenvalue weighted by Crippen LogP contribution is -2.11. The van der Waals surface area contributed by atoms with Crippen LogP contribution in [-0.4, -0.2) is 21.3 Å². The lowest BCUT2D eigenvalue weighted by molar-refractivity contribution is -0.517. The second-order valence-corrected chi connectivity index (χ2v) is 3.79. The summed E-state index contributed by atoms with van der Waals surface area (Å²) in [6.07, 6.45) is -1.83. The molecule has 0 heterocycles. The molecule has 0 spiro atoms. The van der Waals surface area contributed by atoms with Crippen molar-refractivity contribution < 1.29 is 19.9 Å². The highest BCUT2D eigenvalue weighted by Gasteiger charge is 2.24. The number of rotatable bonds is 3. The van der Waals surface area contributed by atoms with Gasteiger partial charge in [0.25, 0.3) is 6.04 Å². The molecule has 2 aromatic rings. The molecule has 0 amide bonds. The fourth-order valence-electron chi connectivity index (χ4n) is 1.71. The van der Waals surface area contributed by atoms with Crippen LogP contribution < -0.4 is 0 Å². The Balaban J connectivity index is 0.000000444. The van der Waals surface area contributed by atoms with Crippen molar-refractivity contribution in [1.82, 2.24) is 0 Å². The first kappa shape index (κ1) is 15.2. The van der Waals surface area contributed by atoms with E-state index in [1.54, 1.807) is 24.3 Å². The molecule has 0 aliphatic carbocycles. The normalized spacial score (nSPS) is 9.45. The van der Waals surface area contributed by atoms with Crippen molar-refractivity contribution in [2.75, 3.05) is 0 Å². The zero-order valence-electron chi connectivity index (χ0n) is 10.4. The second kappa shape index (κ2) is 7.52. The Labute approximate surface area is 115 Å². The maximum Gasteiger partial charge on any atom is 0.503 e. The summed E-state index contributed by atoms with van der Waals surface area (Å²) in [5.74, 6) is 0. The molecule has 0 aliphatic heterocycles. The lowest BCUT2D eigenvalue weighted by Gasteiger charge is -2.09. The van der Waals surface area contributed by atoms with E-state index in [4.69, 9.17) is 15.0 Å². The summed E-state index contributed by atoms with van der Waals surface area (Å²) in [4.78, 5) is 19.4. The van der Waals surface area contributed by atoms with Gasteiger partial charge in [0.1, 0.15) is 0 Å². The molecule has 0 unspecified atom stereocenters. The van der Waals surface area contributed by atoms with Gasteiger partial charge in [0.05, 0.1) is 0 Å². The molecule has 0 radical (unpaired) electrons. The van der Waals surface area contributed by atoms with E-state index in [9.17, 15) is 10.1 Å². The molecule has 104 valence electrons. The first-order chi connectivity index (χ1) is 9.52. The largest absolute Gasteiger partial charge is 0.503 e. The van der Waals surface area contributed by atoms with E-state index in [0.717, 1.165) is 0 Å². The number of nitrogens with zero attached hydrogens (tertiary/aromatic N) is 1. The van der Waals surface area contributed by atoms with E-state index in [2.05, 4.69) is 0 Å². The molecule has 6 heteroatoms. The van der Waals surface area contributed by atoms with Gasteiger partial charge in [-0.15, -0.1) is 0 Å². The Kier molecular flexibility index (Phi) is 5.71. The molecule has 0 saturated heterocycles. The first-order valence-corrected chi connectivity index (χ1v) is 5.67. The molecule has 0 fully saturated rings. The number of carboxylic acid groups (broad SMARTS) is 2. The van der Waals surface area contributed by atoms with Gasteiger partial charge in [-0.05, 0) is 0 Å². The van der Waals surface area contributed by atoms with Crippen molar-refractivity contribution in [2.45, 2.75) is 6.04 Å². The number of carbonyl (C=O) groups is 1. The Bertz CT molecular complexity index is 513. The third-order valence-corrected chi connectivity index (χ3v) is 2.44. The molecular weight excluding hydrogens is 262 g/mol. The van der Waals surface area contributed by atoms with E-state index in [1.807, 2.05) is 36.4 Å². The van der Waals surface area contributed by atoms with Crippen LogP contribution in [0.3, 0.4) is 0 Å². The Hall–Kier alpha value is -2.89. The predicted octanol–water partition coefficient (Wildman–Crippen LogP) is 3.28. The van der Waals surface area contributed by atoms with Crippen LogP contribution in [0.25, 0.3) is 0 Å². The van der Waals surface area contributed by atoms with Crippen molar-refractivity contribution in [3.8, 4) is 0 Å². The predicted molar refractivity (Wildman–Crippen MR) is 72.4 cm³/mol. The molecule has 2 N–H and O–H groups in total. The van der Waals surface area contributed by atoms with Crippen LogP contribution in [0.4, 0.5) is 4.79 Å². The monoisotopic (exact) mass is 275 g/mol. The third kappa shape index (κ3) is 4.77. The summed E-state index contributed by atoms with van der Waals surface area (Å²) < 4.78 is 0. The Morgan fingerprint density at radius 2 is 1.20 bits per heavy atom. The van der Waals surface area contributed by atoms with Gasteiger partial charge in [-0.2, -0.15) is 0 Å². The van der Waals surface area contributed by atoms with Crippen LogP contribution in [0.2, 0.25) is 0 Å². The molecule has 0 aliphatic rings. The molecule has 2 aromatic carbocycles. The third-order valence-electron chi connectivity index (χ3n) is 2.44. The minimum Gasteiger partial charge on any atom is -0.450 e. The SMILES string of the molecule is O=C(O)O.O=[N+]([O-])C(c1ccccc1)c1ccccc1. The summed E-state index contributed by atoms with van der Waals surface area (Å²) in [7, 11) is 0. The van der Waals surface area contributed by atoms with Gasteiger partial charge in [0.2, 0.25) is 0 Å². The van der Waals surface area contributed by atoms with E-state index in [-0.39, 0.29) is 4.92 Å². The minimum atomic E-state index is -1.83. The average molecular weight is 275 g/mol. The number of hydrogen-bond donors (Lipinski definition) is 2. The number of benzene rings is 2. The van der Waals surface area contributed by atoms with Crippen molar-refractivity contribution in [3.63, 3.8) is 0 Å². The first-order valence-electron chi connectivity index (χ1n) is 5.67. The van der Waals surface area contributed by atoms with Crippen LogP contribution in [-0.2, 0) is 0 Å². The van der Waals surface area contributed by atoms with E-state index >= 15 is 0 Å². The Morgan fingerprint density at radius 3 is 1.45 bits per heavy atom. The summed E-state index contributed by atoms with van der Waals surface area (Å²) >= 11 is 0. The van der Waals surface area contributed by atoms with Crippen molar-refractivity contribution >= 4 is 6.16 Å². The van der Waals surface area contributed by atoms with Crippen LogP contribution >= 0.6 is 0 Å². The standard InChI is InChI=1S/C13H11NO2.CH2O3/c15-14(16)13(11-7-3-1-4-8-11)12-9-5-2-6-10-12;2-1(3)4/h1-10,13H;(H2,2,3,4). The molecule has 2 rings (SSSR count). The fourth-order valence-corrected chi connectivity index (χ4v) is 1.71. The van der Waals surface area contributed by atoms with E-state index in [0.29, 0.717) is 11.1 Å². The second-order valence-electron chi connectivity index (χ2n) is 3.79. The van der Waals surface area contributed by atoms with Gasteiger partial charge in [0.15, 0.2) is 0 Å². The van der Waals surface area contributed by atoms with Gasteiger partial charge in [-0.1, -0.05) is 60.7 Å². The summed E-state index contributed by atoms with van der Waals surface area (Å²) in [6.45, 7) is 0. The number of hydrogen-bond acceptors (Lipinski definition) is 3. The summed E-state index contributed by atoms with van der Waals surface area (Å²) in [5, 5.41) is 25.1. The highest BCUT2D eigenvalue weighted by Crippen LogP contribution is 2.24. The van der Waals surface area contributed by atoms with Crippen LogP contribution in [0, 0.1) is 10.1 Å². The smallest absolute Gasteiger partial charge is 0.450 e. The molecule has 0 aromatic heterocycles. The molecule has 6 nitrogen and oxygen atoms in total. The molecule has 0 saturated carbocycles. The topological polar surface area (TPSA) is 101 Å². The maximum absolute atomic E-state index is 11.1. The van der Waals surface area contributed by atoms with Crippen molar-refractivity contribution in [2.24, 2.45) is 0 Å².